The van der Waals surface area contributed by atoms with Crippen LogP contribution >= 0.6 is 22.6 Å². The third-order valence-electron chi connectivity index (χ3n) is 2.48. The normalized spacial score (nSPS) is 11.4. The minimum atomic E-state index is -4.38. The summed E-state index contributed by atoms with van der Waals surface area (Å²) in [6, 6.07) is 10.7. The first-order valence-electron chi connectivity index (χ1n) is 5.35. The molecule has 0 atom stereocenters. The summed E-state index contributed by atoms with van der Waals surface area (Å²) in [6.45, 7) is 0. The number of hydrogen-bond donors (Lipinski definition) is 2. The van der Waals surface area contributed by atoms with Crippen LogP contribution in [0.15, 0.2) is 42.5 Å². The summed E-state index contributed by atoms with van der Waals surface area (Å²) >= 11 is 2.15. The lowest BCUT2D eigenvalue weighted by molar-refractivity contribution is -0.137. The molecule has 0 aliphatic carbocycles. The Morgan fingerprint density at radius 1 is 1.05 bits per heavy atom. The molecule has 0 heterocycles. The molecule has 0 unspecified atom stereocenters. The maximum atomic E-state index is 12.5. The number of nitrogen functional groups attached to an aromatic ring is 1. The van der Waals surface area contributed by atoms with Crippen molar-refractivity contribution in [2.45, 2.75) is 6.18 Å². The number of anilines is 3. The number of alkyl halides is 3. The lowest BCUT2D eigenvalue weighted by Gasteiger charge is -2.12. The van der Waals surface area contributed by atoms with E-state index in [9.17, 15) is 13.2 Å². The van der Waals surface area contributed by atoms with Gasteiger partial charge in [0.05, 0.1) is 16.9 Å². The smallest absolute Gasteiger partial charge is 0.397 e. The van der Waals surface area contributed by atoms with Crippen LogP contribution in [-0.4, -0.2) is 0 Å². The molecule has 0 amide bonds. The fourth-order valence-corrected chi connectivity index (χ4v) is 2.12. The number of rotatable bonds is 2. The van der Waals surface area contributed by atoms with E-state index < -0.39 is 11.7 Å². The Labute approximate surface area is 122 Å². The molecule has 2 rings (SSSR count). The molecule has 0 fully saturated rings. The van der Waals surface area contributed by atoms with Crippen LogP contribution in [0.5, 0.6) is 0 Å². The fraction of sp³-hybridized carbons (Fsp3) is 0.0769. The van der Waals surface area contributed by atoms with Crippen LogP contribution < -0.4 is 11.1 Å². The van der Waals surface area contributed by atoms with Crippen LogP contribution in [0.4, 0.5) is 30.2 Å². The molecule has 100 valence electrons. The maximum absolute atomic E-state index is 12.5. The second kappa shape index (κ2) is 5.28. The Hall–Kier alpha value is -1.44. The van der Waals surface area contributed by atoms with Gasteiger partial charge in [0.15, 0.2) is 0 Å². The molecule has 2 aromatic carbocycles. The van der Waals surface area contributed by atoms with Crippen molar-refractivity contribution in [3.8, 4) is 0 Å². The van der Waals surface area contributed by atoms with E-state index in [-0.39, 0.29) is 5.69 Å². The highest BCUT2D eigenvalue weighted by molar-refractivity contribution is 14.1. The molecule has 2 nitrogen and oxygen atoms in total. The highest BCUT2D eigenvalue weighted by Gasteiger charge is 2.30. The van der Waals surface area contributed by atoms with Gasteiger partial charge in [-0.25, -0.2) is 0 Å². The van der Waals surface area contributed by atoms with Crippen molar-refractivity contribution in [3.63, 3.8) is 0 Å². The Kier molecular flexibility index (Phi) is 3.88. The molecule has 19 heavy (non-hydrogen) atoms. The molecular weight excluding hydrogens is 368 g/mol. The monoisotopic (exact) mass is 378 g/mol. The van der Waals surface area contributed by atoms with E-state index in [4.69, 9.17) is 5.73 Å². The van der Waals surface area contributed by atoms with Gasteiger partial charge >= 0.3 is 6.18 Å². The molecule has 0 aromatic heterocycles. The summed E-state index contributed by atoms with van der Waals surface area (Å²) in [5, 5.41) is 2.99. The van der Waals surface area contributed by atoms with Crippen molar-refractivity contribution in [2.75, 3.05) is 11.1 Å². The maximum Gasteiger partial charge on any atom is 0.416 e. The second-order valence-corrected chi connectivity index (χ2v) is 5.18. The molecule has 0 saturated heterocycles. The minimum absolute atomic E-state index is 0.0636. The number of halogens is 4. The molecule has 2 aromatic rings. The molecule has 0 bridgehead atoms. The van der Waals surface area contributed by atoms with Gasteiger partial charge in [-0.15, -0.1) is 0 Å². The Bertz CT molecular complexity index is 597. The van der Waals surface area contributed by atoms with Crippen molar-refractivity contribution < 1.29 is 13.2 Å². The van der Waals surface area contributed by atoms with Gasteiger partial charge in [0.25, 0.3) is 0 Å². The van der Waals surface area contributed by atoms with Crippen molar-refractivity contribution >= 4 is 39.7 Å². The lowest BCUT2D eigenvalue weighted by atomic mass is 10.1. The van der Waals surface area contributed by atoms with Crippen LogP contribution in [0, 0.1) is 3.57 Å². The van der Waals surface area contributed by atoms with Gasteiger partial charge in [0.1, 0.15) is 0 Å². The predicted octanol–water partition coefficient (Wildman–Crippen LogP) is 4.64. The zero-order chi connectivity index (χ0) is 14.0. The third-order valence-corrected chi connectivity index (χ3v) is 3.15. The molecule has 0 aliphatic rings. The topological polar surface area (TPSA) is 38.0 Å². The van der Waals surface area contributed by atoms with E-state index in [1.807, 2.05) is 24.3 Å². The first-order chi connectivity index (χ1) is 8.86. The summed E-state index contributed by atoms with van der Waals surface area (Å²) in [4.78, 5) is 0. The molecule has 3 N–H and O–H groups in total. The second-order valence-electron chi connectivity index (χ2n) is 3.94. The van der Waals surface area contributed by atoms with Crippen LogP contribution in [0.2, 0.25) is 0 Å². The van der Waals surface area contributed by atoms with Crippen LogP contribution in [0.1, 0.15) is 5.56 Å². The summed E-state index contributed by atoms with van der Waals surface area (Å²) in [5.74, 6) is 0. The molecule has 0 saturated carbocycles. The average molecular weight is 378 g/mol. The van der Waals surface area contributed by atoms with E-state index in [1.54, 1.807) is 0 Å². The van der Waals surface area contributed by atoms with Gasteiger partial charge < -0.3 is 11.1 Å². The highest BCUT2D eigenvalue weighted by Crippen LogP contribution is 2.33. The van der Waals surface area contributed by atoms with E-state index in [1.165, 1.54) is 6.07 Å². The minimum Gasteiger partial charge on any atom is -0.397 e. The fourth-order valence-electron chi connectivity index (χ4n) is 1.57. The van der Waals surface area contributed by atoms with E-state index >= 15 is 0 Å². The molecule has 0 aliphatic heterocycles. The number of hydrogen-bond acceptors (Lipinski definition) is 2. The Morgan fingerprint density at radius 2 is 1.79 bits per heavy atom. The number of nitrogens with two attached hydrogens (primary N) is 1. The number of nitrogens with one attached hydrogen (secondary N) is 1. The zero-order valence-corrected chi connectivity index (χ0v) is 11.8. The summed E-state index contributed by atoms with van der Waals surface area (Å²) in [5.41, 5.74) is 6.18. The first kappa shape index (κ1) is 14.0. The standard InChI is InChI=1S/C13H10F3IN2/c14-13(15,16)8-4-5-12(11(18)6-8)19-10-3-1-2-9(17)7-10/h1-7,19H,18H2. The molecule has 6 heteroatoms. The van der Waals surface area contributed by atoms with Crippen molar-refractivity contribution in [3.05, 3.63) is 51.6 Å². The first-order valence-corrected chi connectivity index (χ1v) is 6.43. The quantitative estimate of drug-likeness (QED) is 0.591. The van der Waals surface area contributed by atoms with Crippen molar-refractivity contribution in [1.29, 1.82) is 0 Å². The zero-order valence-electron chi connectivity index (χ0n) is 9.63. The highest BCUT2D eigenvalue weighted by atomic mass is 127. The van der Waals surface area contributed by atoms with E-state index in [2.05, 4.69) is 27.9 Å². The van der Waals surface area contributed by atoms with Crippen molar-refractivity contribution in [1.82, 2.24) is 0 Å². The van der Waals surface area contributed by atoms with Crippen LogP contribution in [-0.2, 0) is 6.18 Å². The molecule has 0 radical (unpaired) electrons. The summed E-state index contributed by atoms with van der Waals surface area (Å²) < 4.78 is 38.5. The average Bonchev–Trinajstić information content (AvgIpc) is 2.30. The summed E-state index contributed by atoms with van der Waals surface area (Å²) in [6.07, 6.45) is -4.38. The largest absolute Gasteiger partial charge is 0.416 e. The van der Waals surface area contributed by atoms with Gasteiger partial charge in [-0.05, 0) is 59.0 Å². The SMILES string of the molecule is Nc1cc(C(F)(F)F)ccc1Nc1cccc(I)c1. The lowest BCUT2D eigenvalue weighted by Crippen LogP contribution is -2.06. The Morgan fingerprint density at radius 3 is 2.37 bits per heavy atom. The molecule has 0 spiro atoms. The Balaban J connectivity index is 2.27. The summed E-state index contributed by atoms with van der Waals surface area (Å²) in [7, 11) is 0. The van der Waals surface area contributed by atoms with E-state index in [0.717, 1.165) is 21.4 Å². The molecular formula is C13H10F3IN2. The van der Waals surface area contributed by atoms with Gasteiger partial charge in [-0.2, -0.15) is 13.2 Å². The number of benzene rings is 2. The van der Waals surface area contributed by atoms with Gasteiger partial charge in [-0.1, -0.05) is 6.07 Å². The van der Waals surface area contributed by atoms with E-state index in [0.29, 0.717) is 5.69 Å². The van der Waals surface area contributed by atoms with Crippen LogP contribution in [0.3, 0.4) is 0 Å². The third kappa shape index (κ3) is 3.52. The van der Waals surface area contributed by atoms with Gasteiger partial charge in [0.2, 0.25) is 0 Å². The van der Waals surface area contributed by atoms with Crippen molar-refractivity contribution in [2.24, 2.45) is 0 Å². The predicted molar refractivity (Wildman–Crippen MR) is 78.3 cm³/mol. The van der Waals surface area contributed by atoms with Crippen LogP contribution in [0.25, 0.3) is 0 Å². The van der Waals surface area contributed by atoms with Gasteiger partial charge in [-0.3, -0.25) is 0 Å². The van der Waals surface area contributed by atoms with Gasteiger partial charge in [0, 0.05) is 9.26 Å².